The van der Waals surface area contributed by atoms with Crippen LogP contribution in [0.1, 0.15) is 142 Å². The second-order valence-electron chi connectivity index (χ2n) is 15.5. The second kappa shape index (κ2) is 20.4. The van der Waals surface area contributed by atoms with Crippen LogP contribution in [-0.2, 0) is 12.8 Å². The van der Waals surface area contributed by atoms with Crippen molar-refractivity contribution in [3.63, 3.8) is 0 Å². The average molecular weight is 766 g/mol. The van der Waals surface area contributed by atoms with Gasteiger partial charge in [-0.25, -0.2) is 9.59 Å². The normalized spacial score (nSPS) is 12.4. The molecule has 0 bridgehead atoms. The Bertz CT molecular complexity index is 1920. The van der Waals surface area contributed by atoms with Gasteiger partial charge in [0.15, 0.2) is 0 Å². The maximum atomic E-state index is 12.7. The molecule has 0 spiro atoms. The van der Waals surface area contributed by atoms with Crippen molar-refractivity contribution in [1.82, 2.24) is 20.3 Å². The largest absolute Gasteiger partial charge is 0.478 e. The molecule has 2 unspecified atom stereocenters. The monoisotopic (exact) mass is 765 g/mol. The first-order chi connectivity index (χ1) is 26.7. The van der Waals surface area contributed by atoms with E-state index in [1.54, 1.807) is 42.5 Å². The Morgan fingerprint density at radius 2 is 1.07 bits per heavy atom. The Morgan fingerprint density at radius 1 is 0.607 bits per heavy atom. The Balaban J connectivity index is 1.80. The summed E-state index contributed by atoms with van der Waals surface area (Å²) < 4.78 is 0. The van der Waals surface area contributed by atoms with E-state index in [1.807, 2.05) is 26.8 Å². The molecule has 0 saturated heterocycles. The minimum absolute atomic E-state index is 0.146. The van der Waals surface area contributed by atoms with Gasteiger partial charge in [0, 0.05) is 28.2 Å². The summed E-state index contributed by atoms with van der Waals surface area (Å²) in [6, 6.07) is 16.7. The number of benzene rings is 3. The lowest BCUT2D eigenvalue weighted by Gasteiger charge is -2.25. The lowest BCUT2D eigenvalue weighted by atomic mass is 9.82. The Hall–Kier alpha value is -5.52. The number of unbranched alkanes of at least 4 members (excludes halogenated alkanes) is 2. The van der Waals surface area contributed by atoms with Crippen molar-refractivity contribution in [2.24, 2.45) is 11.8 Å². The number of carboxylic acid groups (broad SMARTS) is 2. The SMILES string of the molecule is CCCCC(CC)Cc1c(Nc2nc(Nc3ccc(C(=O)O)cc3)nc(Nc3ccc(C(=O)NC(C)(C)C)cc3)n2)ccc(C(=O)O)c1CC(CC)CCCC. The van der Waals surface area contributed by atoms with Gasteiger partial charge in [0.25, 0.3) is 5.91 Å². The van der Waals surface area contributed by atoms with Crippen LogP contribution in [0.25, 0.3) is 0 Å². The third-order valence-corrected chi connectivity index (χ3v) is 9.90. The number of hydrogen-bond donors (Lipinski definition) is 6. The highest BCUT2D eigenvalue weighted by atomic mass is 16.4. The molecule has 300 valence electrons. The summed E-state index contributed by atoms with van der Waals surface area (Å²) >= 11 is 0. The maximum Gasteiger partial charge on any atom is 0.335 e. The zero-order chi connectivity index (χ0) is 40.8. The molecule has 0 aliphatic carbocycles. The number of aromatic carboxylic acids is 2. The molecule has 12 heteroatoms. The molecule has 0 aliphatic rings. The fourth-order valence-electron chi connectivity index (χ4n) is 6.68. The van der Waals surface area contributed by atoms with Crippen molar-refractivity contribution in [2.75, 3.05) is 16.0 Å². The van der Waals surface area contributed by atoms with Gasteiger partial charge in [-0.05, 0) is 117 Å². The topological polar surface area (TPSA) is 178 Å². The molecule has 56 heavy (non-hydrogen) atoms. The fourth-order valence-corrected chi connectivity index (χ4v) is 6.68. The van der Waals surface area contributed by atoms with Crippen LogP contribution in [0.15, 0.2) is 60.7 Å². The molecule has 1 heterocycles. The molecule has 1 aromatic heterocycles. The summed E-state index contributed by atoms with van der Waals surface area (Å²) in [6.07, 6.45) is 9.72. The van der Waals surface area contributed by atoms with Crippen LogP contribution >= 0.6 is 0 Å². The van der Waals surface area contributed by atoms with E-state index in [1.165, 1.54) is 12.1 Å². The fraction of sp³-hybridized carbons (Fsp3) is 0.455. The summed E-state index contributed by atoms with van der Waals surface area (Å²) in [4.78, 5) is 51.1. The molecule has 0 saturated carbocycles. The average Bonchev–Trinajstić information content (AvgIpc) is 3.15. The third kappa shape index (κ3) is 12.8. The second-order valence-corrected chi connectivity index (χ2v) is 15.5. The van der Waals surface area contributed by atoms with Gasteiger partial charge in [0.2, 0.25) is 17.8 Å². The van der Waals surface area contributed by atoms with Gasteiger partial charge >= 0.3 is 11.9 Å². The number of carbonyl (C=O) groups excluding carboxylic acids is 1. The highest BCUT2D eigenvalue weighted by Crippen LogP contribution is 2.34. The molecule has 0 radical (unpaired) electrons. The van der Waals surface area contributed by atoms with Crippen molar-refractivity contribution in [2.45, 2.75) is 118 Å². The van der Waals surface area contributed by atoms with E-state index in [0.29, 0.717) is 47.2 Å². The highest BCUT2D eigenvalue weighted by Gasteiger charge is 2.24. The summed E-state index contributed by atoms with van der Waals surface area (Å²) in [6.45, 7) is 14.5. The van der Waals surface area contributed by atoms with E-state index in [4.69, 9.17) is 9.97 Å². The van der Waals surface area contributed by atoms with Crippen LogP contribution in [0.4, 0.5) is 34.9 Å². The molecule has 0 fully saturated rings. The third-order valence-electron chi connectivity index (χ3n) is 9.90. The van der Waals surface area contributed by atoms with Crippen LogP contribution in [-0.4, -0.2) is 48.5 Å². The lowest BCUT2D eigenvalue weighted by molar-refractivity contribution is 0.0685. The Morgan fingerprint density at radius 3 is 1.50 bits per heavy atom. The quantitative estimate of drug-likeness (QED) is 0.0475. The number of anilines is 6. The van der Waals surface area contributed by atoms with Gasteiger partial charge < -0.3 is 31.5 Å². The minimum Gasteiger partial charge on any atom is -0.478 e. The van der Waals surface area contributed by atoms with Crippen LogP contribution < -0.4 is 21.3 Å². The van der Waals surface area contributed by atoms with Crippen molar-refractivity contribution in [3.05, 3.63) is 88.5 Å². The first kappa shape index (κ1) is 43.2. The zero-order valence-corrected chi connectivity index (χ0v) is 34.0. The minimum atomic E-state index is -1.03. The predicted molar refractivity (Wildman–Crippen MR) is 224 cm³/mol. The Labute approximate surface area is 331 Å². The van der Waals surface area contributed by atoms with Crippen molar-refractivity contribution < 1.29 is 24.6 Å². The molecule has 0 aliphatic heterocycles. The number of aromatic nitrogens is 3. The van der Waals surface area contributed by atoms with Crippen molar-refractivity contribution in [1.29, 1.82) is 0 Å². The highest BCUT2D eigenvalue weighted by molar-refractivity contribution is 5.95. The van der Waals surface area contributed by atoms with E-state index in [0.717, 1.165) is 68.2 Å². The summed E-state index contributed by atoms with van der Waals surface area (Å²) in [5.74, 6) is -0.811. The molecule has 4 rings (SSSR count). The lowest BCUT2D eigenvalue weighted by Crippen LogP contribution is -2.40. The molecule has 12 nitrogen and oxygen atoms in total. The maximum absolute atomic E-state index is 12.7. The van der Waals surface area contributed by atoms with Gasteiger partial charge in [-0.15, -0.1) is 0 Å². The van der Waals surface area contributed by atoms with Crippen LogP contribution in [0, 0.1) is 11.8 Å². The van der Waals surface area contributed by atoms with E-state index >= 15 is 0 Å². The number of hydrogen-bond acceptors (Lipinski definition) is 9. The van der Waals surface area contributed by atoms with Crippen LogP contribution in [0.5, 0.6) is 0 Å². The summed E-state index contributed by atoms with van der Waals surface area (Å²) in [7, 11) is 0. The Kier molecular flexibility index (Phi) is 15.8. The number of amides is 1. The molecule has 1 amide bonds. The number of nitrogens with one attached hydrogen (secondary N) is 4. The van der Waals surface area contributed by atoms with Crippen molar-refractivity contribution >= 4 is 52.8 Å². The van der Waals surface area contributed by atoms with Gasteiger partial charge in [-0.3, -0.25) is 4.79 Å². The number of carbonyl (C=O) groups is 3. The van der Waals surface area contributed by atoms with Gasteiger partial charge in [0.1, 0.15) is 0 Å². The predicted octanol–water partition coefficient (Wildman–Crippen LogP) is 10.5. The smallest absolute Gasteiger partial charge is 0.335 e. The van der Waals surface area contributed by atoms with E-state index < -0.39 is 11.9 Å². The molecule has 4 aromatic rings. The molecule has 6 N–H and O–H groups in total. The van der Waals surface area contributed by atoms with Crippen LogP contribution in [0.2, 0.25) is 0 Å². The first-order valence-corrected chi connectivity index (χ1v) is 19.9. The van der Waals surface area contributed by atoms with Crippen LogP contribution in [0.3, 0.4) is 0 Å². The number of rotatable bonds is 21. The molecular formula is C44H59N7O5. The standard InChI is InChI=1S/C44H59N7O5/c1-8-12-14-28(10-3)26-35-34(40(55)56)24-25-37(36(35)27-29(11-4)15-13-9-2)47-43-49-41(45-32-20-16-30(17-21-32)38(52)51-44(5,6)7)48-42(50-43)46-33-22-18-31(19-23-33)39(53)54/h16-25,28-29H,8-15,26-27H2,1-7H3,(H,51,52)(H,53,54)(H,55,56)(H3,45,46,47,48,49,50). The molecule has 2 atom stereocenters. The van der Waals surface area contributed by atoms with Gasteiger partial charge in [0.05, 0.1) is 11.1 Å². The van der Waals surface area contributed by atoms with Crippen molar-refractivity contribution in [3.8, 4) is 0 Å². The van der Waals surface area contributed by atoms with Gasteiger partial charge in [-0.1, -0.05) is 79.1 Å². The zero-order valence-electron chi connectivity index (χ0n) is 34.0. The number of carboxylic acids is 2. The van der Waals surface area contributed by atoms with E-state index in [-0.39, 0.29) is 34.9 Å². The number of nitrogens with zero attached hydrogens (tertiary/aromatic N) is 3. The summed E-state index contributed by atoms with van der Waals surface area (Å²) in [5, 5.41) is 32.7. The van der Waals surface area contributed by atoms with Gasteiger partial charge in [-0.2, -0.15) is 15.0 Å². The molecule has 3 aromatic carbocycles. The van der Waals surface area contributed by atoms with E-state index in [9.17, 15) is 24.6 Å². The van der Waals surface area contributed by atoms with E-state index in [2.05, 4.69) is 53.9 Å². The first-order valence-electron chi connectivity index (χ1n) is 19.9. The molecular weight excluding hydrogens is 707 g/mol. The summed E-state index contributed by atoms with van der Waals surface area (Å²) in [5.41, 5.74) is 4.39.